The molecule has 1 aromatic heterocycles. The highest BCUT2D eigenvalue weighted by Gasteiger charge is 2.16. The van der Waals surface area contributed by atoms with E-state index in [4.69, 9.17) is 5.11 Å². The van der Waals surface area contributed by atoms with Gasteiger partial charge in [-0.2, -0.15) is 0 Å². The molecule has 1 amide bonds. The van der Waals surface area contributed by atoms with Crippen LogP contribution in [-0.4, -0.2) is 23.2 Å². The van der Waals surface area contributed by atoms with Crippen LogP contribution in [0.15, 0.2) is 12.1 Å². The summed E-state index contributed by atoms with van der Waals surface area (Å²) >= 11 is 1.36. The normalized spacial score (nSPS) is 10.6. The van der Waals surface area contributed by atoms with Gasteiger partial charge < -0.3 is 10.4 Å². The lowest BCUT2D eigenvalue weighted by Crippen LogP contribution is -2.40. The number of aliphatic hydroxyl groups excluding tert-OH is 1. The van der Waals surface area contributed by atoms with E-state index in [0.29, 0.717) is 11.3 Å². The van der Waals surface area contributed by atoms with E-state index in [1.165, 1.54) is 11.3 Å². The summed E-state index contributed by atoms with van der Waals surface area (Å²) in [6.07, 6.45) is 0.460. The van der Waals surface area contributed by atoms with Crippen LogP contribution in [0.1, 0.15) is 41.7 Å². The van der Waals surface area contributed by atoms with E-state index in [-0.39, 0.29) is 18.1 Å². The molecule has 0 spiro atoms. The molecule has 4 heteroatoms. The monoisotopic (exact) mass is 251 g/mol. The van der Waals surface area contributed by atoms with E-state index in [9.17, 15) is 4.79 Å². The third kappa shape index (κ3) is 5.03. The number of rotatable bonds is 2. The van der Waals surface area contributed by atoms with Crippen molar-refractivity contribution < 1.29 is 9.90 Å². The van der Waals surface area contributed by atoms with Crippen LogP contribution in [0, 0.1) is 11.8 Å². The lowest BCUT2D eigenvalue weighted by atomic mass is 10.1. The van der Waals surface area contributed by atoms with E-state index < -0.39 is 0 Å². The SMILES string of the molecule is CC(C)(C)NC(=O)c1ccc(C#CCCO)s1. The van der Waals surface area contributed by atoms with Crippen LogP contribution >= 0.6 is 11.3 Å². The van der Waals surface area contributed by atoms with Crippen molar-refractivity contribution >= 4 is 17.2 Å². The summed E-state index contributed by atoms with van der Waals surface area (Å²) in [6.45, 7) is 5.90. The molecule has 1 rings (SSSR count). The quantitative estimate of drug-likeness (QED) is 0.790. The number of hydrogen-bond acceptors (Lipinski definition) is 3. The molecular weight excluding hydrogens is 234 g/mol. The molecule has 0 saturated carbocycles. The van der Waals surface area contributed by atoms with Crippen molar-refractivity contribution in [2.75, 3.05) is 6.61 Å². The minimum atomic E-state index is -0.232. The van der Waals surface area contributed by atoms with E-state index >= 15 is 0 Å². The summed E-state index contributed by atoms with van der Waals surface area (Å²) in [7, 11) is 0. The van der Waals surface area contributed by atoms with Gasteiger partial charge in [0.15, 0.2) is 0 Å². The first kappa shape index (κ1) is 13.8. The van der Waals surface area contributed by atoms with Gasteiger partial charge in [-0.3, -0.25) is 4.79 Å². The van der Waals surface area contributed by atoms with Gasteiger partial charge in [0.2, 0.25) is 0 Å². The van der Waals surface area contributed by atoms with Crippen molar-refractivity contribution in [3.8, 4) is 11.8 Å². The van der Waals surface area contributed by atoms with Crippen LogP contribution in [0.3, 0.4) is 0 Å². The maximum absolute atomic E-state index is 11.8. The van der Waals surface area contributed by atoms with Crippen LogP contribution in [0.2, 0.25) is 0 Å². The summed E-state index contributed by atoms with van der Waals surface area (Å²) in [5.41, 5.74) is -0.232. The minimum Gasteiger partial charge on any atom is -0.395 e. The van der Waals surface area contributed by atoms with E-state index in [1.807, 2.05) is 26.8 Å². The second kappa shape index (κ2) is 5.85. The Morgan fingerprint density at radius 3 is 2.76 bits per heavy atom. The molecule has 0 radical (unpaired) electrons. The predicted octanol–water partition coefficient (Wildman–Crippen LogP) is 2.01. The van der Waals surface area contributed by atoms with Crippen molar-refractivity contribution in [2.45, 2.75) is 32.7 Å². The molecule has 0 atom stereocenters. The van der Waals surface area contributed by atoms with Crippen molar-refractivity contribution in [2.24, 2.45) is 0 Å². The average Bonchev–Trinajstić information content (AvgIpc) is 2.64. The number of thiophene rings is 1. The molecule has 0 unspecified atom stereocenters. The Balaban J connectivity index is 2.69. The van der Waals surface area contributed by atoms with E-state index in [0.717, 1.165) is 4.88 Å². The Bertz CT molecular complexity index is 446. The fourth-order valence-electron chi connectivity index (χ4n) is 1.13. The Morgan fingerprint density at radius 2 is 2.18 bits per heavy atom. The van der Waals surface area contributed by atoms with Gasteiger partial charge in [0.05, 0.1) is 16.4 Å². The third-order valence-electron chi connectivity index (χ3n) is 1.77. The van der Waals surface area contributed by atoms with Crippen molar-refractivity contribution in [3.63, 3.8) is 0 Å². The highest BCUT2D eigenvalue weighted by atomic mass is 32.1. The Hall–Kier alpha value is -1.31. The second-order valence-corrected chi connectivity index (χ2v) is 5.73. The second-order valence-electron chi connectivity index (χ2n) is 4.64. The minimum absolute atomic E-state index is 0.0652. The van der Waals surface area contributed by atoms with E-state index in [2.05, 4.69) is 17.2 Å². The fourth-order valence-corrected chi connectivity index (χ4v) is 1.91. The fraction of sp³-hybridized carbons (Fsp3) is 0.462. The van der Waals surface area contributed by atoms with Crippen molar-refractivity contribution in [1.82, 2.24) is 5.32 Å². The number of carbonyl (C=O) groups is 1. The van der Waals surface area contributed by atoms with Gasteiger partial charge in [0.1, 0.15) is 0 Å². The summed E-state index contributed by atoms with van der Waals surface area (Å²) in [4.78, 5) is 13.3. The summed E-state index contributed by atoms with van der Waals surface area (Å²) in [5.74, 6) is 5.67. The van der Waals surface area contributed by atoms with Gasteiger partial charge in [-0.15, -0.1) is 11.3 Å². The van der Waals surface area contributed by atoms with Crippen LogP contribution in [0.4, 0.5) is 0 Å². The molecule has 0 bridgehead atoms. The summed E-state index contributed by atoms with van der Waals surface area (Å²) in [6, 6.07) is 3.60. The maximum atomic E-state index is 11.8. The van der Waals surface area contributed by atoms with Crippen molar-refractivity contribution in [1.29, 1.82) is 0 Å². The average molecular weight is 251 g/mol. The first-order chi connectivity index (χ1) is 7.92. The van der Waals surface area contributed by atoms with Crippen LogP contribution in [0.5, 0.6) is 0 Å². The molecule has 1 aromatic rings. The summed E-state index contributed by atoms with van der Waals surface area (Å²) < 4.78 is 0. The third-order valence-corrected chi connectivity index (χ3v) is 2.77. The molecule has 0 saturated heterocycles. The first-order valence-corrected chi connectivity index (χ1v) is 6.26. The zero-order valence-corrected chi connectivity index (χ0v) is 11.1. The molecule has 17 heavy (non-hydrogen) atoms. The van der Waals surface area contributed by atoms with Gasteiger partial charge in [-0.1, -0.05) is 11.8 Å². The molecule has 0 aliphatic rings. The van der Waals surface area contributed by atoms with E-state index in [1.54, 1.807) is 6.07 Å². The highest BCUT2D eigenvalue weighted by Crippen LogP contribution is 2.16. The van der Waals surface area contributed by atoms with Gasteiger partial charge in [-0.05, 0) is 32.9 Å². The molecule has 92 valence electrons. The number of nitrogens with one attached hydrogen (secondary N) is 1. The first-order valence-electron chi connectivity index (χ1n) is 5.44. The Morgan fingerprint density at radius 1 is 1.47 bits per heavy atom. The molecule has 0 aliphatic carbocycles. The lowest BCUT2D eigenvalue weighted by Gasteiger charge is -2.19. The molecule has 0 fully saturated rings. The summed E-state index contributed by atoms with van der Waals surface area (Å²) in [5, 5.41) is 11.5. The highest BCUT2D eigenvalue weighted by molar-refractivity contribution is 7.14. The largest absolute Gasteiger partial charge is 0.395 e. The number of hydrogen-bond donors (Lipinski definition) is 2. The van der Waals surface area contributed by atoms with Gasteiger partial charge in [0.25, 0.3) is 5.91 Å². The maximum Gasteiger partial charge on any atom is 0.261 e. The topological polar surface area (TPSA) is 49.3 Å². The molecule has 3 nitrogen and oxygen atoms in total. The van der Waals surface area contributed by atoms with Crippen molar-refractivity contribution in [3.05, 3.63) is 21.9 Å². The molecule has 2 N–H and O–H groups in total. The molecular formula is C13H17NO2S. The molecule has 1 heterocycles. The lowest BCUT2D eigenvalue weighted by molar-refractivity contribution is 0.0923. The molecule has 0 aromatic carbocycles. The smallest absolute Gasteiger partial charge is 0.261 e. The number of aliphatic hydroxyl groups is 1. The standard InChI is InChI=1S/C13H17NO2S/c1-13(2,3)14-12(16)11-8-7-10(17-11)6-4-5-9-15/h7-8,15H,5,9H2,1-3H3,(H,14,16). The van der Waals surface area contributed by atoms with Gasteiger partial charge >= 0.3 is 0 Å². The molecule has 0 aliphatic heterocycles. The number of amides is 1. The van der Waals surface area contributed by atoms with Gasteiger partial charge in [-0.25, -0.2) is 0 Å². The predicted molar refractivity (Wildman–Crippen MR) is 70.1 cm³/mol. The zero-order valence-electron chi connectivity index (χ0n) is 10.3. The number of carbonyl (C=O) groups excluding carboxylic acids is 1. The van der Waals surface area contributed by atoms with Crippen LogP contribution < -0.4 is 5.32 Å². The van der Waals surface area contributed by atoms with Crippen LogP contribution in [0.25, 0.3) is 0 Å². The Kier molecular flexibility index (Phi) is 4.73. The zero-order chi connectivity index (χ0) is 12.9. The Labute approximate surface area is 106 Å². The van der Waals surface area contributed by atoms with Crippen LogP contribution in [-0.2, 0) is 0 Å². The van der Waals surface area contributed by atoms with Gasteiger partial charge in [0, 0.05) is 12.0 Å².